The van der Waals surface area contributed by atoms with E-state index in [4.69, 9.17) is 0 Å². The second kappa shape index (κ2) is 6.67. The topological polar surface area (TPSA) is 20.3 Å². The molecular formula is C17H12F5NOS. The Kier molecular flexibility index (Phi) is 4.73. The number of halogens is 5. The van der Waals surface area contributed by atoms with Crippen molar-refractivity contribution in [3.05, 3.63) is 70.8 Å². The van der Waals surface area contributed by atoms with Crippen LogP contribution in [0.4, 0.5) is 22.0 Å². The molecule has 2 aromatic carbocycles. The number of nitrogens with zero attached hydrogens (tertiary/aromatic N) is 1. The smallest absolute Gasteiger partial charge is 0.321 e. The number of rotatable bonds is 3. The first kappa shape index (κ1) is 17.7. The lowest BCUT2D eigenvalue weighted by atomic mass is 10.1. The summed E-state index contributed by atoms with van der Waals surface area (Å²) >= 11 is 0.990. The minimum absolute atomic E-state index is 0.0200. The Hall–Kier alpha value is -2.09. The largest absolute Gasteiger partial charge is 0.416 e. The molecule has 2 nitrogen and oxygen atoms in total. The minimum Gasteiger partial charge on any atom is -0.321 e. The molecule has 8 heteroatoms. The highest BCUT2D eigenvalue weighted by Gasteiger charge is 2.40. The highest BCUT2D eigenvalue weighted by molar-refractivity contribution is 8.00. The molecular weight excluding hydrogens is 361 g/mol. The van der Waals surface area contributed by atoms with E-state index in [2.05, 4.69) is 0 Å². The van der Waals surface area contributed by atoms with Gasteiger partial charge in [0.25, 0.3) is 0 Å². The number of thioether (sulfide) groups is 1. The predicted molar refractivity (Wildman–Crippen MR) is 83.6 cm³/mol. The molecule has 0 aliphatic carbocycles. The molecule has 1 amide bonds. The van der Waals surface area contributed by atoms with Gasteiger partial charge in [-0.15, -0.1) is 11.8 Å². The van der Waals surface area contributed by atoms with E-state index in [1.54, 1.807) is 6.07 Å². The molecule has 1 aliphatic heterocycles. The van der Waals surface area contributed by atoms with Crippen molar-refractivity contribution in [3.8, 4) is 0 Å². The maximum atomic E-state index is 13.6. The standard InChI is InChI=1S/C17H12F5NOS/c18-11-3-1-2-10(6-11)8-23-15(24)9-25-16(23)13-7-12(19)4-5-14(13)17(20,21)22/h1-7,16H,8-9H2. The van der Waals surface area contributed by atoms with Crippen molar-refractivity contribution in [2.75, 3.05) is 5.75 Å². The Balaban J connectivity index is 1.98. The Morgan fingerprint density at radius 1 is 1.08 bits per heavy atom. The van der Waals surface area contributed by atoms with E-state index >= 15 is 0 Å². The first-order chi connectivity index (χ1) is 11.8. The molecule has 0 bridgehead atoms. The van der Waals surface area contributed by atoms with Crippen LogP contribution in [-0.4, -0.2) is 16.6 Å². The van der Waals surface area contributed by atoms with Gasteiger partial charge in [-0.3, -0.25) is 4.79 Å². The van der Waals surface area contributed by atoms with Crippen LogP contribution in [-0.2, 0) is 17.5 Å². The van der Waals surface area contributed by atoms with Crippen molar-refractivity contribution in [1.29, 1.82) is 0 Å². The third kappa shape index (κ3) is 3.78. The first-order valence-electron chi connectivity index (χ1n) is 7.28. The third-order valence-electron chi connectivity index (χ3n) is 3.80. The van der Waals surface area contributed by atoms with Gasteiger partial charge >= 0.3 is 6.18 Å². The van der Waals surface area contributed by atoms with Gasteiger partial charge in [-0.25, -0.2) is 8.78 Å². The molecule has 0 spiro atoms. The van der Waals surface area contributed by atoms with Crippen LogP contribution in [0.1, 0.15) is 22.1 Å². The van der Waals surface area contributed by atoms with Gasteiger partial charge in [-0.2, -0.15) is 13.2 Å². The summed E-state index contributed by atoms with van der Waals surface area (Å²) in [5.41, 5.74) is -0.837. The van der Waals surface area contributed by atoms with Gasteiger partial charge in [0.05, 0.1) is 11.3 Å². The van der Waals surface area contributed by atoms with Crippen LogP contribution >= 0.6 is 11.8 Å². The van der Waals surface area contributed by atoms with Crippen molar-refractivity contribution in [3.63, 3.8) is 0 Å². The lowest BCUT2D eigenvalue weighted by Crippen LogP contribution is -2.29. The van der Waals surface area contributed by atoms with E-state index in [1.807, 2.05) is 0 Å². The van der Waals surface area contributed by atoms with E-state index < -0.39 is 28.7 Å². The van der Waals surface area contributed by atoms with Gasteiger partial charge in [0.2, 0.25) is 5.91 Å². The summed E-state index contributed by atoms with van der Waals surface area (Å²) in [7, 11) is 0. The van der Waals surface area contributed by atoms with E-state index in [9.17, 15) is 26.7 Å². The highest BCUT2D eigenvalue weighted by atomic mass is 32.2. The van der Waals surface area contributed by atoms with Crippen molar-refractivity contribution in [2.45, 2.75) is 18.1 Å². The fourth-order valence-corrected chi connectivity index (χ4v) is 3.92. The summed E-state index contributed by atoms with van der Waals surface area (Å²) < 4.78 is 66.6. The average molecular weight is 373 g/mol. The molecule has 1 aliphatic rings. The highest BCUT2D eigenvalue weighted by Crippen LogP contribution is 2.45. The Bertz CT molecular complexity index is 808. The second-order valence-electron chi connectivity index (χ2n) is 5.54. The van der Waals surface area contributed by atoms with Crippen LogP contribution in [0, 0.1) is 11.6 Å². The Morgan fingerprint density at radius 3 is 2.48 bits per heavy atom. The average Bonchev–Trinajstić information content (AvgIpc) is 2.87. The van der Waals surface area contributed by atoms with Gasteiger partial charge in [-0.1, -0.05) is 12.1 Å². The molecule has 0 N–H and O–H groups in total. The zero-order valence-electron chi connectivity index (χ0n) is 12.7. The number of hydrogen-bond acceptors (Lipinski definition) is 2. The molecule has 25 heavy (non-hydrogen) atoms. The lowest BCUT2D eigenvalue weighted by molar-refractivity contribution is -0.139. The number of alkyl halides is 3. The normalized spacial score (nSPS) is 18.0. The monoisotopic (exact) mass is 373 g/mol. The summed E-state index contributed by atoms with van der Waals surface area (Å²) in [5, 5.41) is -0.983. The summed E-state index contributed by atoms with van der Waals surface area (Å²) in [4.78, 5) is 13.3. The molecule has 2 aromatic rings. The van der Waals surface area contributed by atoms with Crippen molar-refractivity contribution in [1.82, 2.24) is 4.90 Å². The minimum atomic E-state index is -4.67. The fourth-order valence-electron chi connectivity index (χ4n) is 2.71. The predicted octanol–water partition coefficient (Wildman–Crippen LogP) is 4.76. The van der Waals surface area contributed by atoms with Crippen LogP contribution in [0.15, 0.2) is 42.5 Å². The van der Waals surface area contributed by atoms with E-state index in [0.717, 1.165) is 23.9 Å². The lowest BCUT2D eigenvalue weighted by Gasteiger charge is -2.26. The molecule has 1 fully saturated rings. The Morgan fingerprint density at radius 2 is 1.80 bits per heavy atom. The zero-order chi connectivity index (χ0) is 18.2. The maximum Gasteiger partial charge on any atom is 0.416 e. The number of amides is 1. The molecule has 0 aromatic heterocycles. The third-order valence-corrected chi connectivity index (χ3v) is 5.03. The maximum absolute atomic E-state index is 13.6. The van der Waals surface area contributed by atoms with Gasteiger partial charge in [0.15, 0.2) is 0 Å². The Labute approximate surface area is 144 Å². The van der Waals surface area contributed by atoms with E-state index in [0.29, 0.717) is 11.6 Å². The van der Waals surface area contributed by atoms with Crippen molar-refractivity contribution in [2.24, 2.45) is 0 Å². The first-order valence-corrected chi connectivity index (χ1v) is 8.33. The molecule has 132 valence electrons. The summed E-state index contributed by atoms with van der Waals surface area (Å²) in [6.07, 6.45) is -4.67. The molecule has 1 heterocycles. The molecule has 1 saturated heterocycles. The van der Waals surface area contributed by atoms with Crippen LogP contribution < -0.4 is 0 Å². The van der Waals surface area contributed by atoms with Gasteiger partial charge < -0.3 is 4.90 Å². The number of carbonyl (C=O) groups is 1. The van der Waals surface area contributed by atoms with Crippen LogP contribution in [0.2, 0.25) is 0 Å². The number of carbonyl (C=O) groups excluding carboxylic acids is 1. The zero-order valence-corrected chi connectivity index (χ0v) is 13.5. The summed E-state index contributed by atoms with van der Waals surface area (Å²) in [5.74, 6) is -1.71. The quantitative estimate of drug-likeness (QED) is 0.723. The number of benzene rings is 2. The van der Waals surface area contributed by atoms with Crippen LogP contribution in [0.5, 0.6) is 0 Å². The second-order valence-corrected chi connectivity index (χ2v) is 6.61. The fraction of sp³-hybridized carbons (Fsp3) is 0.235. The number of hydrogen-bond donors (Lipinski definition) is 0. The van der Waals surface area contributed by atoms with Crippen LogP contribution in [0.3, 0.4) is 0 Å². The van der Waals surface area contributed by atoms with E-state index in [-0.39, 0.29) is 23.8 Å². The molecule has 1 atom stereocenters. The van der Waals surface area contributed by atoms with Crippen molar-refractivity contribution < 1.29 is 26.7 Å². The van der Waals surface area contributed by atoms with Crippen molar-refractivity contribution >= 4 is 17.7 Å². The molecule has 0 saturated carbocycles. The van der Waals surface area contributed by atoms with Gasteiger partial charge in [0, 0.05) is 6.54 Å². The van der Waals surface area contributed by atoms with Crippen LogP contribution in [0.25, 0.3) is 0 Å². The van der Waals surface area contributed by atoms with Gasteiger partial charge in [-0.05, 0) is 41.5 Å². The summed E-state index contributed by atoms with van der Waals surface area (Å²) in [6.45, 7) is -0.0535. The molecule has 1 unspecified atom stereocenters. The van der Waals surface area contributed by atoms with E-state index in [1.165, 1.54) is 23.1 Å². The molecule has 3 rings (SSSR count). The van der Waals surface area contributed by atoms with Gasteiger partial charge in [0.1, 0.15) is 17.0 Å². The summed E-state index contributed by atoms with van der Waals surface area (Å²) in [6, 6.07) is 7.69. The SMILES string of the molecule is O=C1CSC(c2cc(F)ccc2C(F)(F)F)N1Cc1cccc(F)c1. The molecule has 0 radical (unpaired) electrons.